The minimum absolute atomic E-state index is 0.379. The van der Waals surface area contributed by atoms with Crippen LogP contribution in [0, 0.1) is 17.8 Å². The normalized spacial score (nSPS) is 28.5. The Morgan fingerprint density at radius 3 is 0.778 bits per heavy atom. The van der Waals surface area contributed by atoms with Crippen LogP contribution in [-0.2, 0) is 0 Å². The van der Waals surface area contributed by atoms with Gasteiger partial charge in [-0.3, -0.25) is 14.7 Å². The predicted octanol–water partition coefficient (Wildman–Crippen LogP) is 8.72. The van der Waals surface area contributed by atoms with Crippen LogP contribution >= 0.6 is 0 Å². The summed E-state index contributed by atoms with van der Waals surface area (Å²) in [6, 6.07) is 0. The topological polar surface area (TPSA) is 9.72 Å². The fourth-order valence-electron chi connectivity index (χ4n) is 5.80. The highest BCUT2D eigenvalue weighted by Crippen LogP contribution is 2.24. The molecule has 3 fully saturated rings. The molecular weight excluding hydrogens is 438 g/mol. The van der Waals surface area contributed by atoms with Crippen molar-refractivity contribution in [2.75, 3.05) is 39.3 Å². The third-order valence-corrected chi connectivity index (χ3v) is 8.90. The van der Waals surface area contributed by atoms with Crippen molar-refractivity contribution >= 4 is 0 Å². The van der Waals surface area contributed by atoms with Gasteiger partial charge in [-0.15, -0.1) is 0 Å². The van der Waals surface area contributed by atoms with Crippen LogP contribution in [0.15, 0.2) is 0 Å². The van der Waals surface area contributed by atoms with Crippen molar-refractivity contribution in [1.29, 1.82) is 0 Å². The molecule has 36 heavy (non-hydrogen) atoms. The van der Waals surface area contributed by atoms with Gasteiger partial charge in [-0.2, -0.15) is 0 Å². The van der Waals surface area contributed by atoms with Gasteiger partial charge in [0.05, 0.1) is 0 Å². The number of hydrogen-bond donors (Lipinski definition) is 0. The number of hydrogen-bond acceptors (Lipinski definition) is 3. The zero-order chi connectivity index (χ0) is 27.6. The molecule has 3 aliphatic heterocycles. The van der Waals surface area contributed by atoms with Gasteiger partial charge in [0.15, 0.2) is 0 Å². The van der Waals surface area contributed by atoms with E-state index < -0.39 is 0 Å². The molecule has 3 saturated heterocycles. The van der Waals surface area contributed by atoms with Crippen molar-refractivity contribution in [3.05, 3.63) is 0 Å². The molecule has 0 saturated carbocycles. The molecule has 3 aliphatic rings. The highest BCUT2D eigenvalue weighted by molar-refractivity contribution is 4.81. The van der Waals surface area contributed by atoms with Gasteiger partial charge in [-0.1, -0.05) is 20.8 Å². The molecular formula is C33H69N3. The van der Waals surface area contributed by atoms with E-state index in [2.05, 4.69) is 97.8 Å². The van der Waals surface area contributed by atoms with Crippen LogP contribution in [0.2, 0.25) is 0 Å². The van der Waals surface area contributed by atoms with Gasteiger partial charge in [0.1, 0.15) is 0 Å². The van der Waals surface area contributed by atoms with Crippen LogP contribution < -0.4 is 0 Å². The molecule has 0 amide bonds. The van der Waals surface area contributed by atoms with Gasteiger partial charge >= 0.3 is 0 Å². The van der Waals surface area contributed by atoms with E-state index in [9.17, 15) is 0 Å². The summed E-state index contributed by atoms with van der Waals surface area (Å²) in [6.45, 7) is 35.8. The quantitative estimate of drug-likeness (QED) is 0.324. The minimum Gasteiger partial charge on any atom is -0.298 e. The standard InChI is InChI=1S/3C11H23N/c3*1-10-6-5-8-12(9-7-10)11(2,3)4/h3*10H,5-9H2,1-4H3/t2*10-;/m10./s1. The van der Waals surface area contributed by atoms with Crippen LogP contribution in [0.5, 0.6) is 0 Å². The molecule has 0 aromatic carbocycles. The average molecular weight is 508 g/mol. The number of rotatable bonds is 0. The highest BCUT2D eigenvalue weighted by Gasteiger charge is 2.25. The van der Waals surface area contributed by atoms with E-state index in [4.69, 9.17) is 0 Å². The molecule has 3 rings (SSSR count). The second kappa shape index (κ2) is 15.5. The third kappa shape index (κ3) is 14.1. The Morgan fingerprint density at radius 2 is 0.583 bits per heavy atom. The maximum absolute atomic E-state index is 2.62. The Labute approximate surface area is 229 Å². The predicted molar refractivity (Wildman–Crippen MR) is 163 cm³/mol. The molecule has 0 aliphatic carbocycles. The van der Waals surface area contributed by atoms with Gasteiger partial charge in [-0.25, -0.2) is 0 Å². The van der Waals surface area contributed by atoms with E-state index in [1.807, 2.05) is 0 Å². The van der Waals surface area contributed by atoms with E-state index in [1.54, 1.807) is 0 Å². The lowest BCUT2D eigenvalue weighted by atomic mass is 10.0. The lowest BCUT2D eigenvalue weighted by Crippen LogP contribution is -2.41. The van der Waals surface area contributed by atoms with E-state index in [0.717, 1.165) is 17.8 Å². The van der Waals surface area contributed by atoms with Crippen LogP contribution in [0.25, 0.3) is 0 Å². The van der Waals surface area contributed by atoms with Crippen molar-refractivity contribution < 1.29 is 0 Å². The summed E-state index contributed by atoms with van der Waals surface area (Å²) >= 11 is 0. The first-order chi connectivity index (χ1) is 16.5. The smallest absolute Gasteiger partial charge is 0.0125 e. The zero-order valence-corrected chi connectivity index (χ0v) is 27.2. The summed E-state index contributed by atoms with van der Waals surface area (Å²) in [5.74, 6) is 2.83. The second-order valence-corrected chi connectivity index (χ2v) is 15.6. The Morgan fingerprint density at radius 1 is 0.361 bits per heavy atom. The Hall–Kier alpha value is -0.120. The molecule has 0 aromatic rings. The van der Waals surface area contributed by atoms with Crippen LogP contribution in [0.1, 0.15) is 141 Å². The molecule has 3 heteroatoms. The average Bonchev–Trinajstić information content (AvgIpc) is 3.19. The van der Waals surface area contributed by atoms with Crippen LogP contribution in [-0.4, -0.2) is 70.6 Å². The first kappa shape index (κ1) is 33.9. The maximum Gasteiger partial charge on any atom is 0.0125 e. The Bertz CT molecular complexity index is 484. The van der Waals surface area contributed by atoms with Crippen LogP contribution in [0.4, 0.5) is 0 Å². The Balaban J connectivity index is 0.000000270. The number of likely N-dealkylation sites (tertiary alicyclic amines) is 3. The van der Waals surface area contributed by atoms with Gasteiger partial charge in [0, 0.05) is 16.6 Å². The van der Waals surface area contributed by atoms with Crippen molar-refractivity contribution in [1.82, 2.24) is 14.7 Å². The van der Waals surface area contributed by atoms with Crippen molar-refractivity contribution in [2.45, 2.75) is 157 Å². The SMILES string of the molecule is CC1CCCN(C(C)(C)C)CC1.C[C@@H]1CCCN(C(C)(C)C)CC1.C[C@H]1CCCN(C(C)(C)C)CC1. The minimum atomic E-state index is 0.379. The monoisotopic (exact) mass is 508 g/mol. The molecule has 0 bridgehead atoms. The third-order valence-electron chi connectivity index (χ3n) is 8.90. The van der Waals surface area contributed by atoms with Gasteiger partial charge < -0.3 is 0 Å². The summed E-state index contributed by atoms with van der Waals surface area (Å²) in [5.41, 5.74) is 1.14. The van der Waals surface area contributed by atoms with E-state index in [1.165, 1.54) is 97.1 Å². The molecule has 1 unspecified atom stereocenters. The van der Waals surface area contributed by atoms with Gasteiger partial charge in [0.2, 0.25) is 0 Å². The lowest BCUT2D eigenvalue weighted by molar-refractivity contribution is 0.141. The van der Waals surface area contributed by atoms with Crippen molar-refractivity contribution in [2.24, 2.45) is 17.8 Å². The molecule has 0 radical (unpaired) electrons. The van der Waals surface area contributed by atoms with Crippen molar-refractivity contribution in [3.8, 4) is 0 Å². The van der Waals surface area contributed by atoms with E-state index >= 15 is 0 Å². The van der Waals surface area contributed by atoms with Gasteiger partial charge in [0.25, 0.3) is 0 Å². The van der Waals surface area contributed by atoms with Crippen LogP contribution in [0.3, 0.4) is 0 Å². The molecule has 216 valence electrons. The van der Waals surface area contributed by atoms with Gasteiger partial charge in [-0.05, 0) is 177 Å². The molecule has 0 aromatic heterocycles. The summed E-state index contributed by atoms with van der Waals surface area (Å²) in [5, 5.41) is 0. The summed E-state index contributed by atoms with van der Waals surface area (Å²) in [6.07, 6.45) is 12.6. The molecule has 3 heterocycles. The molecule has 0 N–H and O–H groups in total. The van der Waals surface area contributed by atoms with E-state index in [-0.39, 0.29) is 0 Å². The first-order valence-corrected chi connectivity index (χ1v) is 15.7. The summed E-state index contributed by atoms with van der Waals surface area (Å²) < 4.78 is 0. The lowest BCUT2D eigenvalue weighted by Gasteiger charge is -2.34. The maximum atomic E-state index is 2.62. The number of nitrogens with zero attached hydrogens (tertiary/aromatic N) is 3. The molecule has 0 spiro atoms. The molecule has 3 nitrogen and oxygen atoms in total. The summed E-state index contributed by atoms with van der Waals surface area (Å²) in [7, 11) is 0. The fraction of sp³-hybridized carbons (Fsp3) is 1.00. The largest absolute Gasteiger partial charge is 0.298 e. The first-order valence-electron chi connectivity index (χ1n) is 15.7. The molecule has 3 atom stereocenters. The fourth-order valence-corrected chi connectivity index (χ4v) is 5.80. The Kier molecular flexibility index (Phi) is 14.6. The van der Waals surface area contributed by atoms with Crippen molar-refractivity contribution in [3.63, 3.8) is 0 Å². The zero-order valence-electron chi connectivity index (χ0n) is 27.2. The summed E-state index contributed by atoms with van der Waals surface area (Å²) in [4.78, 5) is 7.86. The van der Waals surface area contributed by atoms with E-state index in [0.29, 0.717) is 16.6 Å². The second-order valence-electron chi connectivity index (χ2n) is 15.6. The highest BCUT2D eigenvalue weighted by atomic mass is 15.2.